The second-order valence-electron chi connectivity index (χ2n) is 4.41. The summed E-state index contributed by atoms with van der Waals surface area (Å²) in [5, 5.41) is 6.64. The number of aromatic nitrogens is 1. The summed E-state index contributed by atoms with van der Waals surface area (Å²) in [5.41, 5.74) is 4.48. The van der Waals surface area contributed by atoms with Crippen LogP contribution in [0.25, 0.3) is 0 Å². The average Bonchev–Trinajstić information content (AvgIpc) is 2.27. The molecule has 0 saturated heterocycles. The summed E-state index contributed by atoms with van der Waals surface area (Å²) in [6, 6.07) is 2.31. The summed E-state index contributed by atoms with van der Waals surface area (Å²) < 4.78 is 39.1. The van der Waals surface area contributed by atoms with Crippen molar-refractivity contribution >= 4 is 15.9 Å². The molecule has 0 atom stereocenters. The Balaban J connectivity index is 2.92. The maximum atomic E-state index is 13.3. The maximum Gasteiger partial charge on any atom is 0.261 e. The van der Waals surface area contributed by atoms with Crippen LogP contribution in [0.15, 0.2) is 23.4 Å². The van der Waals surface area contributed by atoms with Crippen LogP contribution in [-0.4, -0.2) is 25.8 Å². The highest BCUT2D eigenvalue weighted by atomic mass is 32.2. The molecule has 0 unspecified atom stereocenters. The van der Waals surface area contributed by atoms with Gasteiger partial charge < -0.3 is 5.73 Å². The molecule has 0 saturated carbocycles. The number of nitrogens with zero attached hydrogens (tertiary/aromatic N) is 1. The van der Waals surface area contributed by atoms with E-state index in [2.05, 4.69) is 9.71 Å². The fourth-order valence-corrected chi connectivity index (χ4v) is 2.22. The Morgan fingerprint density at radius 2 is 2.22 bits per heavy atom. The third-order valence-electron chi connectivity index (χ3n) is 2.41. The normalized spacial score (nSPS) is 12.4. The minimum absolute atomic E-state index is 0.110. The zero-order valence-corrected chi connectivity index (χ0v) is 10.9. The molecule has 0 aromatic carbocycles. The number of pyridine rings is 1. The van der Waals surface area contributed by atoms with Gasteiger partial charge in [0.2, 0.25) is 5.03 Å². The second-order valence-corrected chi connectivity index (χ2v) is 6.09. The number of halogens is 1. The van der Waals surface area contributed by atoms with Gasteiger partial charge in [0.05, 0.1) is 5.84 Å². The number of amidine groups is 1. The molecule has 0 amide bonds. The minimum atomic E-state index is -4.05. The van der Waals surface area contributed by atoms with Gasteiger partial charge in [0.25, 0.3) is 10.0 Å². The van der Waals surface area contributed by atoms with E-state index >= 15 is 0 Å². The number of sulfonamides is 1. The first-order valence-corrected chi connectivity index (χ1v) is 6.60. The molecule has 1 aromatic rings. The van der Waals surface area contributed by atoms with Crippen LogP contribution in [0.5, 0.6) is 0 Å². The summed E-state index contributed by atoms with van der Waals surface area (Å²) in [5.74, 6) is -1.09. The number of hydrogen-bond acceptors (Lipinski definition) is 4. The third kappa shape index (κ3) is 3.23. The van der Waals surface area contributed by atoms with Gasteiger partial charge in [-0.1, -0.05) is 13.8 Å². The average molecular weight is 274 g/mol. The van der Waals surface area contributed by atoms with Crippen LogP contribution >= 0.6 is 0 Å². The summed E-state index contributed by atoms with van der Waals surface area (Å²) in [7, 11) is -4.05. The topological polar surface area (TPSA) is 109 Å². The molecule has 0 aliphatic heterocycles. The minimum Gasteiger partial charge on any atom is -0.387 e. The summed E-state index contributed by atoms with van der Waals surface area (Å²) >= 11 is 0. The van der Waals surface area contributed by atoms with Crippen LogP contribution in [0, 0.1) is 16.6 Å². The lowest BCUT2D eigenvalue weighted by atomic mass is 9.93. The van der Waals surface area contributed by atoms with Crippen molar-refractivity contribution in [3.63, 3.8) is 0 Å². The molecule has 8 heteroatoms. The van der Waals surface area contributed by atoms with E-state index in [0.29, 0.717) is 0 Å². The zero-order chi connectivity index (χ0) is 14.0. The first-order valence-electron chi connectivity index (χ1n) is 5.11. The Kier molecular flexibility index (Phi) is 4.02. The van der Waals surface area contributed by atoms with Gasteiger partial charge in [0.15, 0.2) is 5.82 Å². The number of nitrogens with two attached hydrogens (primary N) is 1. The standard InChI is InChI=1S/C10H15FN4O2S/c1-10(2,9(12)13)6-15-18(16,17)8-7(11)4-3-5-14-8/h3-5,15H,6H2,1-2H3,(H3,12,13). The smallest absolute Gasteiger partial charge is 0.261 e. The van der Waals surface area contributed by atoms with Gasteiger partial charge in [-0.25, -0.2) is 22.5 Å². The highest BCUT2D eigenvalue weighted by Crippen LogP contribution is 2.15. The van der Waals surface area contributed by atoms with E-state index in [-0.39, 0.29) is 12.4 Å². The van der Waals surface area contributed by atoms with E-state index in [4.69, 9.17) is 11.1 Å². The van der Waals surface area contributed by atoms with Gasteiger partial charge >= 0.3 is 0 Å². The Labute approximate surface area is 105 Å². The first-order chi connectivity index (χ1) is 8.17. The Morgan fingerprint density at radius 1 is 1.61 bits per heavy atom. The van der Waals surface area contributed by atoms with Crippen molar-refractivity contribution in [1.82, 2.24) is 9.71 Å². The molecule has 100 valence electrons. The molecule has 0 spiro atoms. The van der Waals surface area contributed by atoms with Gasteiger partial charge in [0, 0.05) is 18.2 Å². The third-order valence-corrected chi connectivity index (χ3v) is 3.75. The zero-order valence-electron chi connectivity index (χ0n) is 10.1. The van der Waals surface area contributed by atoms with Crippen LogP contribution < -0.4 is 10.5 Å². The lowest BCUT2D eigenvalue weighted by Gasteiger charge is -2.22. The van der Waals surface area contributed by atoms with Crippen molar-refractivity contribution in [1.29, 1.82) is 5.41 Å². The number of rotatable bonds is 5. The van der Waals surface area contributed by atoms with Crippen LogP contribution in [0.4, 0.5) is 4.39 Å². The van der Waals surface area contributed by atoms with Crippen molar-refractivity contribution in [3.8, 4) is 0 Å². The highest BCUT2D eigenvalue weighted by Gasteiger charge is 2.27. The predicted molar refractivity (Wildman–Crippen MR) is 65.1 cm³/mol. The monoisotopic (exact) mass is 274 g/mol. The molecule has 1 aromatic heterocycles. The van der Waals surface area contributed by atoms with Crippen molar-refractivity contribution in [2.45, 2.75) is 18.9 Å². The van der Waals surface area contributed by atoms with Crippen molar-refractivity contribution in [2.75, 3.05) is 6.54 Å². The Bertz CT molecular complexity index is 557. The number of hydrogen-bond donors (Lipinski definition) is 3. The van der Waals surface area contributed by atoms with Crippen molar-refractivity contribution in [3.05, 3.63) is 24.1 Å². The molecule has 0 aliphatic rings. The van der Waals surface area contributed by atoms with E-state index in [1.165, 1.54) is 12.3 Å². The van der Waals surface area contributed by atoms with Crippen molar-refractivity contribution < 1.29 is 12.8 Å². The largest absolute Gasteiger partial charge is 0.387 e. The lowest BCUT2D eigenvalue weighted by molar-refractivity contribution is 0.487. The molecule has 0 fully saturated rings. The highest BCUT2D eigenvalue weighted by molar-refractivity contribution is 7.89. The SMILES string of the molecule is CC(C)(CNS(=O)(=O)c1ncccc1F)C(=N)N. The molecule has 4 N–H and O–H groups in total. The van der Waals surface area contributed by atoms with Crippen LogP contribution in [0.2, 0.25) is 0 Å². The number of nitrogens with one attached hydrogen (secondary N) is 2. The quantitative estimate of drug-likeness (QED) is 0.535. The van der Waals surface area contributed by atoms with Crippen LogP contribution in [-0.2, 0) is 10.0 Å². The Morgan fingerprint density at radius 3 is 2.72 bits per heavy atom. The summed E-state index contributed by atoms with van der Waals surface area (Å²) in [4.78, 5) is 3.49. The molecular weight excluding hydrogens is 259 g/mol. The van der Waals surface area contributed by atoms with Gasteiger partial charge in [-0.2, -0.15) is 0 Å². The predicted octanol–water partition coefficient (Wildman–Crippen LogP) is 0.461. The molecule has 0 radical (unpaired) electrons. The first kappa shape index (κ1) is 14.5. The van der Waals surface area contributed by atoms with Gasteiger partial charge in [-0.05, 0) is 12.1 Å². The molecule has 0 aliphatic carbocycles. The second kappa shape index (κ2) is 4.99. The summed E-state index contributed by atoms with van der Waals surface area (Å²) in [6.07, 6.45) is 1.19. The van der Waals surface area contributed by atoms with E-state index < -0.39 is 26.3 Å². The van der Waals surface area contributed by atoms with Crippen LogP contribution in [0.3, 0.4) is 0 Å². The van der Waals surface area contributed by atoms with E-state index in [1.54, 1.807) is 13.8 Å². The van der Waals surface area contributed by atoms with E-state index in [0.717, 1.165) is 6.07 Å². The van der Waals surface area contributed by atoms with E-state index in [1.807, 2.05) is 0 Å². The Hall–Kier alpha value is -1.54. The maximum absolute atomic E-state index is 13.3. The van der Waals surface area contributed by atoms with Gasteiger partial charge in [-0.3, -0.25) is 5.41 Å². The fourth-order valence-electron chi connectivity index (χ4n) is 1.01. The summed E-state index contributed by atoms with van der Waals surface area (Å²) in [6.45, 7) is 3.10. The molecule has 0 bridgehead atoms. The molecule has 1 rings (SSSR count). The molecule has 1 heterocycles. The molecular formula is C10H15FN4O2S. The molecule has 6 nitrogen and oxygen atoms in total. The van der Waals surface area contributed by atoms with Crippen molar-refractivity contribution in [2.24, 2.45) is 11.1 Å². The lowest BCUT2D eigenvalue weighted by Crippen LogP contribution is -2.42. The van der Waals surface area contributed by atoms with Gasteiger partial charge in [0.1, 0.15) is 0 Å². The fraction of sp³-hybridized carbons (Fsp3) is 0.400. The van der Waals surface area contributed by atoms with Gasteiger partial charge in [-0.15, -0.1) is 0 Å². The van der Waals surface area contributed by atoms with E-state index in [9.17, 15) is 12.8 Å². The molecule has 18 heavy (non-hydrogen) atoms. The van der Waals surface area contributed by atoms with Crippen LogP contribution in [0.1, 0.15) is 13.8 Å².